The molecule has 3 rings (SSSR count). The highest BCUT2D eigenvalue weighted by atomic mass is 16.5. The van der Waals surface area contributed by atoms with E-state index in [1.165, 1.54) is 6.20 Å². The molecule has 2 heterocycles. The lowest BCUT2D eigenvalue weighted by Gasteiger charge is -2.17. The third kappa shape index (κ3) is 5.31. The number of furan rings is 1. The fraction of sp³-hybridized carbons (Fsp3) is 0.250. The maximum atomic E-state index is 12.2. The number of hydrogen-bond donors (Lipinski definition) is 2. The Balaban J connectivity index is 1.62. The van der Waals surface area contributed by atoms with E-state index in [-0.39, 0.29) is 0 Å². The summed E-state index contributed by atoms with van der Waals surface area (Å²) in [5.41, 5.74) is 2.40. The summed E-state index contributed by atoms with van der Waals surface area (Å²) in [6.07, 6.45) is 4.76. The SMILES string of the molecule is COc1cc(CN(C)Cc2ccco2)ccc1NC(=O)Nc1cnc(C)cn1. The Morgan fingerprint density at radius 1 is 1.18 bits per heavy atom. The van der Waals surface area contributed by atoms with E-state index in [1.807, 2.05) is 44.3 Å². The van der Waals surface area contributed by atoms with Gasteiger partial charge in [0.1, 0.15) is 11.5 Å². The summed E-state index contributed by atoms with van der Waals surface area (Å²) in [6, 6.07) is 9.07. The zero-order valence-corrected chi connectivity index (χ0v) is 16.1. The van der Waals surface area contributed by atoms with E-state index in [0.717, 1.165) is 17.0 Å². The number of anilines is 2. The van der Waals surface area contributed by atoms with Gasteiger partial charge in [-0.3, -0.25) is 15.2 Å². The second-order valence-electron chi connectivity index (χ2n) is 6.41. The number of nitrogens with zero attached hydrogens (tertiary/aromatic N) is 3. The molecule has 0 saturated heterocycles. The van der Waals surface area contributed by atoms with Crippen molar-refractivity contribution < 1.29 is 13.9 Å². The van der Waals surface area contributed by atoms with Crippen molar-refractivity contribution in [3.05, 3.63) is 66.0 Å². The number of methoxy groups -OCH3 is 1. The molecule has 0 unspecified atom stereocenters. The Kier molecular flexibility index (Phi) is 6.23. The van der Waals surface area contributed by atoms with Crippen molar-refractivity contribution in [2.75, 3.05) is 24.8 Å². The van der Waals surface area contributed by atoms with Crippen molar-refractivity contribution in [2.45, 2.75) is 20.0 Å². The lowest BCUT2D eigenvalue weighted by molar-refractivity contribution is 0.262. The molecule has 1 aromatic carbocycles. The van der Waals surface area contributed by atoms with Gasteiger partial charge in [0.2, 0.25) is 0 Å². The number of nitrogens with one attached hydrogen (secondary N) is 2. The average Bonchev–Trinajstić information content (AvgIpc) is 3.17. The molecule has 0 spiro atoms. The summed E-state index contributed by atoms with van der Waals surface area (Å²) in [6.45, 7) is 3.24. The molecule has 0 saturated carbocycles. The number of aryl methyl sites for hydroxylation is 1. The Hall–Kier alpha value is -3.39. The van der Waals surface area contributed by atoms with Gasteiger partial charge >= 0.3 is 6.03 Å². The van der Waals surface area contributed by atoms with Gasteiger partial charge in [-0.2, -0.15) is 0 Å². The van der Waals surface area contributed by atoms with Gasteiger partial charge in [0.15, 0.2) is 5.82 Å². The number of hydrogen-bond acceptors (Lipinski definition) is 6. The number of aromatic nitrogens is 2. The molecule has 28 heavy (non-hydrogen) atoms. The van der Waals surface area contributed by atoms with E-state index in [0.29, 0.717) is 30.3 Å². The van der Waals surface area contributed by atoms with Crippen LogP contribution in [0.4, 0.5) is 16.3 Å². The van der Waals surface area contributed by atoms with Gasteiger partial charge < -0.3 is 14.5 Å². The van der Waals surface area contributed by atoms with E-state index in [2.05, 4.69) is 25.5 Å². The number of ether oxygens (including phenoxy) is 1. The van der Waals surface area contributed by atoms with Gasteiger partial charge in [-0.1, -0.05) is 6.07 Å². The molecule has 8 nitrogen and oxygen atoms in total. The minimum atomic E-state index is -0.417. The van der Waals surface area contributed by atoms with E-state index in [9.17, 15) is 4.79 Å². The summed E-state index contributed by atoms with van der Waals surface area (Å²) in [5.74, 6) is 1.86. The second-order valence-corrected chi connectivity index (χ2v) is 6.41. The van der Waals surface area contributed by atoms with Gasteiger partial charge in [0.25, 0.3) is 0 Å². The van der Waals surface area contributed by atoms with Gasteiger partial charge in [-0.15, -0.1) is 0 Å². The van der Waals surface area contributed by atoms with Crippen LogP contribution in [0.5, 0.6) is 5.75 Å². The van der Waals surface area contributed by atoms with Crippen molar-refractivity contribution in [1.82, 2.24) is 14.9 Å². The number of urea groups is 1. The highest BCUT2D eigenvalue weighted by Crippen LogP contribution is 2.26. The van der Waals surface area contributed by atoms with Crippen LogP contribution in [-0.4, -0.2) is 35.1 Å². The quantitative estimate of drug-likeness (QED) is 0.649. The van der Waals surface area contributed by atoms with E-state index >= 15 is 0 Å². The van der Waals surface area contributed by atoms with Crippen molar-refractivity contribution in [2.24, 2.45) is 0 Å². The first-order valence-corrected chi connectivity index (χ1v) is 8.78. The van der Waals surface area contributed by atoms with Crippen molar-refractivity contribution in [3.63, 3.8) is 0 Å². The second kappa shape index (κ2) is 9.01. The number of carbonyl (C=O) groups excluding carboxylic acids is 1. The summed E-state index contributed by atoms with van der Waals surface area (Å²) in [4.78, 5) is 22.5. The van der Waals surface area contributed by atoms with Gasteiger partial charge in [-0.25, -0.2) is 9.78 Å². The van der Waals surface area contributed by atoms with Crippen LogP contribution >= 0.6 is 0 Å². The Labute approximate surface area is 163 Å². The smallest absolute Gasteiger partial charge is 0.324 e. The van der Waals surface area contributed by atoms with Crippen molar-refractivity contribution >= 4 is 17.5 Å². The van der Waals surface area contributed by atoms with Crippen LogP contribution in [0.15, 0.2) is 53.4 Å². The van der Waals surface area contributed by atoms with Gasteiger partial charge in [-0.05, 0) is 43.8 Å². The standard InChI is InChI=1S/C20H23N5O3/c1-14-10-22-19(11-21-14)24-20(26)23-17-7-6-15(9-18(17)27-3)12-25(2)13-16-5-4-8-28-16/h4-11H,12-13H2,1-3H3,(H2,22,23,24,26). The molecule has 0 atom stereocenters. The molecule has 2 N–H and O–H groups in total. The number of benzene rings is 1. The predicted molar refractivity (Wildman–Crippen MR) is 106 cm³/mol. The lowest BCUT2D eigenvalue weighted by Crippen LogP contribution is -2.21. The normalized spacial score (nSPS) is 10.7. The number of carbonyl (C=O) groups is 1. The summed E-state index contributed by atoms with van der Waals surface area (Å²) < 4.78 is 10.8. The molecule has 3 aromatic rings. The molecule has 0 aliphatic rings. The first-order chi connectivity index (χ1) is 13.5. The fourth-order valence-electron chi connectivity index (χ4n) is 2.70. The van der Waals surface area contributed by atoms with Crippen LogP contribution in [-0.2, 0) is 13.1 Å². The molecular weight excluding hydrogens is 358 g/mol. The highest BCUT2D eigenvalue weighted by molar-refractivity contribution is 6.00. The van der Waals surface area contributed by atoms with E-state index in [1.54, 1.807) is 19.6 Å². The largest absolute Gasteiger partial charge is 0.495 e. The van der Waals surface area contributed by atoms with Crippen LogP contribution in [0.1, 0.15) is 17.0 Å². The Morgan fingerprint density at radius 3 is 2.71 bits per heavy atom. The number of rotatable bonds is 7. The van der Waals surface area contributed by atoms with Crippen LogP contribution in [0, 0.1) is 6.92 Å². The van der Waals surface area contributed by atoms with E-state index < -0.39 is 6.03 Å². The van der Waals surface area contributed by atoms with Crippen LogP contribution in [0.2, 0.25) is 0 Å². The first kappa shape index (κ1) is 19.4. The molecule has 146 valence electrons. The average molecular weight is 381 g/mol. The minimum Gasteiger partial charge on any atom is -0.495 e. The fourth-order valence-corrected chi connectivity index (χ4v) is 2.70. The molecule has 2 amide bonds. The monoisotopic (exact) mass is 381 g/mol. The predicted octanol–water partition coefficient (Wildman–Crippen LogP) is 3.66. The van der Waals surface area contributed by atoms with Gasteiger partial charge in [0, 0.05) is 6.54 Å². The van der Waals surface area contributed by atoms with Crippen molar-refractivity contribution in [1.29, 1.82) is 0 Å². The topological polar surface area (TPSA) is 92.5 Å². The molecule has 0 radical (unpaired) electrons. The molecule has 0 aliphatic carbocycles. The first-order valence-electron chi connectivity index (χ1n) is 8.78. The minimum absolute atomic E-state index is 0.373. The highest BCUT2D eigenvalue weighted by Gasteiger charge is 2.11. The third-order valence-corrected chi connectivity index (χ3v) is 4.00. The molecular formula is C20H23N5O3. The Bertz CT molecular complexity index is 910. The van der Waals surface area contributed by atoms with Crippen LogP contribution < -0.4 is 15.4 Å². The summed E-state index contributed by atoms with van der Waals surface area (Å²) >= 11 is 0. The molecule has 8 heteroatoms. The lowest BCUT2D eigenvalue weighted by atomic mass is 10.1. The van der Waals surface area contributed by atoms with Crippen LogP contribution in [0.25, 0.3) is 0 Å². The third-order valence-electron chi connectivity index (χ3n) is 4.00. The number of amides is 2. The van der Waals surface area contributed by atoms with Crippen molar-refractivity contribution in [3.8, 4) is 5.75 Å². The van der Waals surface area contributed by atoms with Crippen LogP contribution in [0.3, 0.4) is 0 Å². The molecule has 0 bridgehead atoms. The van der Waals surface area contributed by atoms with E-state index in [4.69, 9.17) is 9.15 Å². The summed E-state index contributed by atoms with van der Waals surface area (Å²) in [5, 5.41) is 5.41. The summed E-state index contributed by atoms with van der Waals surface area (Å²) in [7, 11) is 3.58. The molecule has 0 aliphatic heterocycles. The maximum absolute atomic E-state index is 12.2. The van der Waals surface area contributed by atoms with Gasteiger partial charge in [0.05, 0.1) is 43.7 Å². The molecule has 2 aromatic heterocycles. The zero-order chi connectivity index (χ0) is 19.9. The zero-order valence-electron chi connectivity index (χ0n) is 16.1. The maximum Gasteiger partial charge on any atom is 0.324 e. The molecule has 0 fully saturated rings. The Morgan fingerprint density at radius 2 is 2.04 bits per heavy atom.